The van der Waals surface area contributed by atoms with Gasteiger partial charge in [0.15, 0.2) is 0 Å². The Morgan fingerprint density at radius 1 is 0.966 bits per heavy atom. The van der Waals surface area contributed by atoms with Gasteiger partial charge in [0.05, 0.1) is 5.69 Å². The molecule has 0 radical (unpaired) electrons. The fourth-order valence-corrected chi connectivity index (χ4v) is 4.06. The van der Waals surface area contributed by atoms with Gasteiger partial charge in [-0.1, -0.05) is 18.2 Å². The monoisotopic (exact) mass is 442 g/mol. The number of piperazine rings is 1. The van der Waals surface area contributed by atoms with Gasteiger partial charge in [0.1, 0.15) is 24.3 Å². The zero-order valence-corrected chi connectivity index (χ0v) is 18.1. The highest BCUT2D eigenvalue weighted by Crippen LogP contribution is 2.26. The van der Waals surface area contributed by atoms with Crippen LogP contribution in [-0.2, 0) is 12.8 Å². The van der Waals surface area contributed by atoms with Gasteiger partial charge in [-0.3, -0.25) is 4.90 Å². The number of benzene rings is 2. The first-order chi connectivity index (χ1) is 13.2. The van der Waals surface area contributed by atoms with E-state index >= 15 is 0 Å². The van der Waals surface area contributed by atoms with E-state index in [9.17, 15) is 9.50 Å². The average Bonchev–Trinajstić information content (AvgIpc) is 3.15. The molecule has 29 heavy (non-hydrogen) atoms. The van der Waals surface area contributed by atoms with Crippen molar-refractivity contribution in [2.75, 3.05) is 44.2 Å². The third-order valence-corrected chi connectivity index (χ3v) is 5.55. The number of para-hydroxylation sites is 1. The molecule has 0 saturated carbocycles. The van der Waals surface area contributed by atoms with Crippen molar-refractivity contribution in [2.24, 2.45) is 0 Å². The Bertz CT molecular complexity index is 785. The second-order valence-electron chi connectivity index (χ2n) is 7.49. The summed E-state index contributed by atoms with van der Waals surface area (Å²) < 4.78 is 19.7. The van der Waals surface area contributed by atoms with E-state index < -0.39 is 6.10 Å². The molecule has 2 aromatic carbocycles. The number of aliphatic hydroxyl groups is 1. The van der Waals surface area contributed by atoms with Crippen LogP contribution in [0.4, 0.5) is 10.1 Å². The molecule has 1 aliphatic carbocycles. The van der Waals surface area contributed by atoms with Crippen molar-refractivity contribution in [1.29, 1.82) is 0 Å². The summed E-state index contributed by atoms with van der Waals surface area (Å²) in [5, 5.41) is 10.3. The lowest BCUT2D eigenvalue weighted by Gasteiger charge is -2.36. The number of β-amino-alcohol motifs (C(OH)–C–C–N with tert-alkyl or cyclic N) is 1. The van der Waals surface area contributed by atoms with E-state index in [0.717, 1.165) is 44.8 Å². The van der Waals surface area contributed by atoms with Gasteiger partial charge in [0.2, 0.25) is 0 Å². The number of aryl methyl sites for hydroxylation is 2. The number of fused-ring (bicyclic) bond motifs is 1. The summed E-state index contributed by atoms with van der Waals surface area (Å²) in [5.74, 6) is 0.674. The van der Waals surface area contributed by atoms with Gasteiger partial charge in [-0.05, 0) is 54.7 Å². The van der Waals surface area contributed by atoms with Crippen molar-refractivity contribution in [3.8, 4) is 5.75 Å². The summed E-state index contributed by atoms with van der Waals surface area (Å²) >= 11 is 0. The highest BCUT2D eigenvalue weighted by atomic mass is 35.5. The molecule has 2 aromatic rings. The van der Waals surface area contributed by atoms with Crippen molar-refractivity contribution < 1.29 is 14.2 Å². The fourth-order valence-electron chi connectivity index (χ4n) is 4.06. The van der Waals surface area contributed by atoms with E-state index in [1.165, 1.54) is 23.6 Å². The molecule has 160 valence electrons. The van der Waals surface area contributed by atoms with Crippen LogP contribution in [0.2, 0.25) is 0 Å². The summed E-state index contributed by atoms with van der Waals surface area (Å²) in [6.07, 6.45) is 2.98. The number of aliphatic hydroxyl groups excluding tert-OH is 1. The maximum absolute atomic E-state index is 13.9. The summed E-state index contributed by atoms with van der Waals surface area (Å²) in [5.41, 5.74) is 3.47. The van der Waals surface area contributed by atoms with Crippen LogP contribution in [-0.4, -0.2) is 55.4 Å². The summed E-state index contributed by atoms with van der Waals surface area (Å²) in [6.45, 7) is 4.02. The Morgan fingerprint density at radius 2 is 1.69 bits per heavy atom. The van der Waals surface area contributed by atoms with Crippen molar-refractivity contribution >= 4 is 30.5 Å². The van der Waals surface area contributed by atoms with E-state index in [1.807, 2.05) is 18.2 Å². The van der Waals surface area contributed by atoms with E-state index in [0.29, 0.717) is 18.8 Å². The van der Waals surface area contributed by atoms with Crippen molar-refractivity contribution in [3.63, 3.8) is 0 Å². The number of ether oxygens (including phenoxy) is 1. The molecule has 1 unspecified atom stereocenters. The lowest BCUT2D eigenvalue weighted by Crippen LogP contribution is -2.49. The summed E-state index contributed by atoms with van der Waals surface area (Å²) in [7, 11) is 0. The van der Waals surface area contributed by atoms with Crippen LogP contribution >= 0.6 is 24.8 Å². The first-order valence-corrected chi connectivity index (χ1v) is 9.83. The second-order valence-corrected chi connectivity index (χ2v) is 7.49. The molecule has 1 N–H and O–H groups in total. The van der Waals surface area contributed by atoms with Crippen LogP contribution in [0.15, 0.2) is 42.5 Å². The molecule has 2 aliphatic rings. The quantitative estimate of drug-likeness (QED) is 0.739. The zero-order chi connectivity index (χ0) is 18.6. The molecular weight excluding hydrogens is 414 g/mol. The third kappa shape index (κ3) is 5.98. The Kier molecular flexibility index (Phi) is 9.03. The molecule has 0 bridgehead atoms. The SMILES string of the molecule is Cl.Cl.OC(COc1ccc2c(c1)CCC2)CN1CCN(c2ccccc2F)CC1. The summed E-state index contributed by atoms with van der Waals surface area (Å²) in [6, 6.07) is 13.2. The van der Waals surface area contributed by atoms with E-state index in [-0.39, 0.29) is 30.6 Å². The number of nitrogens with zero attached hydrogens (tertiary/aromatic N) is 2. The minimum atomic E-state index is -0.529. The Hall–Kier alpha value is -1.53. The lowest BCUT2D eigenvalue weighted by atomic mass is 10.1. The van der Waals surface area contributed by atoms with Crippen LogP contribution in [0.3, 0.4) is 0 Å². The first kappa shape index (κ1) is 23.7. The third-order valence-electron chi connectivity index (χ3n) is 5.55. The molecule has 0 aromatic heterocycles. The number of hydrogen-bond donors (Lipinski definition) is 1. The largest absolute Gasteiger partial charge is 0.491 e. The molecule has 4 nitrogen and oxygen atoms in total. The van der Waals surface area contributed by atoms with Gasteiger partial charge in [-0.25, -0.2) is 4.39 Å². The van der Waals surface area contributed by atoms with Crippen LogP contribution in [0.5, 0.6) is 5.75 Å². The minimum absolute atomic E-state index is 0. The van der Waals surface area contributed by atoms with Crippen LogP contribution in [0.1, 0.15) is 17.5 Å². The maximum atomic E-state index is 13.9. The normalized spacial score (nSPS) is 17.1. The molecule has 0 spiro atoms. The molecule has 4 rings (SSSR count). The molecular formula is C22H29Cl2FN2O2. The van der Waals surface area contributed by atoms with Gasteiger partial charge in [0, 0.05) is 32.7 Å². The number of anilines is 1. The Labute approximate surface area is 184 Å². The lowest BCUT2D eigenvalue weighted by molar-refractivity contribution is 0.0662. The highest BCUT2D eigenvalue weighted by Gasteiger charge is 2.21. The Balaban J connectivity index is 0.00000150. The molecule has 1 fully saturated rings. The standard InChI is InChI=1S/C22H27FN2O2.2ClH/c23-21-6-1-2-7-22(21)25-12-10-24(11-13-25)15-19(26)16-27-20-9-8-17-4-3-5-18(17)14-20;;/h1-2,6-9,14,19,26H,3-5,10-13,15-16H2;2*1H. The van der Waals surface area contributed by atoms with E-state index in [4.69, 9.17) is 4.74 Å². The first-order valence-electron chi connectivity index (χ1n) is 9.83. The van der Waals surface area contributed by atoms with Crippen LogP contribution in [0, 0.1) is 5.82 Å². The van der Waals surface area contributed by atoms with Gasteiger partial charge in [-0.15, -0.1) is 24.8 Å². The van der Waals surface area contributed by atoms with Gasteiger partial charge in [-0.2, -0.15) is 0 Å². The fraction of sp³-hybridized carbons (Fsp3) is 0.455. The van der Waals surface area contributed by atoms with Crippen LogP contribution in [0.25, 0.3) is 0 Å². The molecule has 1 saturated heterocycles. The van der Waals surface area contributed by atoms with Gasteiger partial charge >= 0.3 is 0 Å². The van der Waals surface area contributed by atoms with Crippen LogP contribution < -0.4 is 9.64 Å². The van der Waals surface area contributed by atoms with Crippen molar-refractivity contribution in [1.82, 2.24) is 4.90 Å². The predicted octanol–water partition coefficient (Wildman–Crippen LogP) is 3.72. The molecule has 1 atom stereocenters. The smallest absolute Gasteiger partial charge is 0.146 e. The maximum Gasteiger partial charge on any atom is 0.146 e. The highest BCUT2D eigenvalue weighted by molar-refractivity contribution is 5.85. The number of hydrogen-bond acceptors (Lipinski definition) is 4. The van der Waals surface area contributed by atoms with Crippen molar-refractivity contribution in [3.05, 3.63) is 59.4 Å². The van der Waals surface area contributed by atoms with E-state index in [1.54, 1.807) is 6.07 Å². The second kappa shape index (κ2) is 11.0. The molecule has 1 heterocycles. The summed E-state index contributed by atoms with van der Waals surface area (Å²) in [4.78, 5) is 4.29. The molecule has 1 aliphatic heterocycles. The molecule has 0 amide bonds. The number of halogens is 3. The van der Waals surface area contributed by atoms with E-state index in [2.05, 4.69) is 21.9 Å². The minimum Gasteiger partial charge on any atom is -0.491 e. The average molecular weight is 443 g/mol. The van der Waals surface area contributed by atoms with Gasteiger partial charge in [0.25, 0.3) is 0 Å². The molecule has 7 heteroatoms. The van der Waals surface area contributed by atoms with Gasteiger partial charge < -0.3 is 14.7 Å². The predicted molar refractivity (Wildman–Crippen MR) is 120 cm³/mol. The number of rotatable bonds is 6. The van der Waals surface area contributed by atoms with Crippen molar-refractivity contribution in [2.45, 2.75) is 25.4 Å². The Morgan fingerprint density at radius 3 is 2.45 bits per heavy atom. The zero-order valence-electron chi connectivity index (χ0n) is 16.4. The topological polar surface area (TPSA) is 35.9 Å².